The molecule has 2 aliphatic rings. The maximum atomic E-state index is 13.2. The van der Waals surface area contributed by atoms with Crippen LogP contribution in [0.25, 0.3) is 33.4 Å². The molecule has 0 fully saturated rings. The van der Waals surface area contributed by atoms with Crippen LogP contribution in [0.15, 0.2) is 88.2 Å². The summed E-state index contributed by atoms with van der Waals surface area (Å²) < 4.78 is 71.5. The maximum absolute atomic E-state index is 13.2. The molecule has 0 unspecified atom stereocenters. The van der Waals surface area contributed by atoms with Gasteiger partial charge in [-0.15, -0.1) is 0 Å². The first kappa shape index (κ1) is 28.1. The van der Waals surface area contributed by atoms with Gasteiger partial charge in [-0.2, -0.15) is 0 Å². The van der Waals surface area contributed by atoms with Crippen molar-refractivity contribution in [3.05, 3.63) is 99.7 Å². The minimum atomic E-state index is -4.37. The Morgan fingerprint density at radius 1 is 0.850 bits per heavy atom. The summed E-state index contributed by atoms with van der Waals surface area (Å²) in [6.45, 7) is 2.69. The molecule has 0 aromatic heterocycles. The topological polar surface area (TPSA) is 59.3 Å². The predicted octanol–water partition coefficient (Wildman–Crippen LogP) is 7.89. The average Bonchev–Trinajstić information content (AvgIpc) is 2.89. The molecule has 1 heterocycles. The zero-order valence-corrected chi connectivity index (χ0v) is 23.5. The van der Waals surface area contributed by atoms with Crippen molar-refractivity contribution in [3.63, 3.8) is 0 Å². The molecule has 0 saturated heterocycles. The van der Waals surface area contributed by atoms with Gasteiger partial charge in [-0.05, 0) is 6.92 Å². The molecule has 5 rings (SSSR count). The third-order valence-electron chi connectivity index (χ3n) is 6.71. The Morgan fingerprint density at radius 2 is 1.57 bits per heavy atom. The number of halogens is 3. The third-order valence-corrected chi connectivity index (χ3v) is 8.75. The van der Waals surface area contributed by atoms with Crippen molar-refractivity contribution in [3.8, 4) is 22.5 Å². The number of hydrogen-bond acceptors (Lipinski definition) is 4. The van der Waals surface area contributed by atoms with E-state index >= 15 is 0 Å². The number of rotatable bonds is 7. The molecule has 3 aromatic rings. The van der Waals surface area contributed by atoms with Gasteiger partial charge in [0.05, 0.1) is 0 Å². The molecule has 3 aromatic carbocycles. The van der Waals surface area contributed by atoms with Gasteiger partial charge in [-0.1, -0.05) is 17.7 Å². The van der Waals surface area contributed by atoms with Crippen LogP contribution in [-0.4, -0.2) is 26.9 Å². The van der Waals surface area contributed by atoms with Gasteiger partial charge in [0.2, 0.25) is 0 Å². The van der Waals surface area contributed by atoms with Crippen molar-refractivity contribution in [2.24, 2.45) is 0 Å². The monoisotopic (exact) mass is 607 g/mol. The summed E-state index contributed by atoms with van der Waals surface area (Å²) in [7, 11) is -3.53. The van der Waals surface area contributed by atoms with Crippen LogP contribution in [0.3, 0.4) is 0 Å². The van der Waals surface area contributed by atoms with E-state index in [2.05, 4.69) is 5.32 Å². The number of nitrogens with one attached hydrogen (secondary N) is 1. The van der Waals surface area contributed by atoms with Crippen LogP contribution in [0, 0.1) is 18.0 Å². The summed E-state index contributed by atoms with van der Waals surface area (Å²) in [5, 5.41) is 3.10. The second-order valence-electron chi connectivity index (χ2n) is 9.80. The van der Waals surface area contributed by atoms with Gasteiger partial charge < -0.3 is 0 Å². The Hall–Kier alpha value is -3.42. The molecule has 40 heavy (non-hydrogen) atoms. The first-order valence-corrected chi connectivity index (χ1v) is 14.7. The normalized spacial score (nSPS) is 12.3. The van der Waals surface area contributed by atoms with E-state index in [0.717, 1.165) is 33.4 Å². The second-order valence-corrected chi connectivity index (χ2v) is 12.5. The molecule has 4 nitrogen and oxygen atoms in total. The Bertz CT molecular complexity index is 1850. The summed E-state index contributed by atoms with van der Waals surface area (Å²) in [5.74, 6) is 0.418. The van der Waals surface area contributed by atoms with E-state index in [1.807, 2.05) is 44.2 Å². The van der Waals surface area contributed by atoms with Gasteiger partial charge >= 0.3 is 214 Å². The number of anilines is 1. The van der Waals surface area contributed by atoms with Gasteiger partial charge in [0.15, 0.2) is 0 Å². The van der Waals surface area contributed by atoms with Crippen molar-refractivity contribution >= 4 is 26.5 Å². The Balaban J connectivity index is 1.63. The summed E-state index contributed by atoms with van der Waals surface area (Å²) in [4.78, 5) is 0.277. The van der Waals surface area contributed by atoms with Crippen LogP contribution in [0.2, 0.25) is 0 Å². The van der Waals surface area contributed by atoms with E-state index in [-0.39, 0.29) is 22.8 Å². The molecule has 0 spiro atoms. The van der Waals surface area contributed by atoms with Crippen molar-refractivity contribution in [1.29, 1.82) is 0 Å². The predicted molar refractivity (Wildman–Crippen MR) is 148 cm³/mol. The third kappa shape index (κ3) is 6.16. The van der Waals surface area contributed by atoms with Gasteiger partial charge in [-0.3, -0.25) is 0 Å². The summed E-state index contributed by atoms with van der Waals surface area (Å²) in [5.41, 5.74) is 5.87. The molecule has 9 heteroatoms. The first-order chi connectivity index (χ1) is 18.9. The Labute approximate surface area is 238 Å². The van der Waals surface area contributed by atoms with Crippen LogP contribution in [-0.2, 0) is 31.3 Å². The molecule has 0 bridgehead atoms. The van der Waals surface area contributed by atoms with Crippen molar-refractivity contribution in [1.82, 2.24) is 0 Å². The van der Waals surface area contributed by atoms with E-state index < -0.39 is 22.6 Å². The first-order valence-electron chi connectivity index (χ1n) is 12.6. The van der Waals surface area contributed by atoms with Gasteiger partial charge in [0, 0.05) is 0 Å². The van der Waals surface area contributed by atoms with Gasteiger partial charge in [-0.25, -0.2) is 0 Å². The van der Waals surface area contributed by atoms with Crippen LogP contribution in [0.5, 0.6) is 0 Å². The van der Waals surface area contributed by atoms with E-state index in [9.17, 15) is 21.6 Å². The molecule has 0 amide bonds. The fourth-order valence-electron chi connectivity index (χ4n) is 4.70. The van der Waals surface area contributed by atoms with Crippen molar-refractivity contribution < 1.29 is 41.0 Å². The average molecular weight is 608 g/mol. The van der Waals surface area contributed by atoms with E-state index in [0.29, 0.717) is 20.9 Å². The van der Waals surface area contributed by atoms with Crippen LogP contribution in [0.1, 0.15) is 16.7 Å². The SMILES string of the molecule is Cc1ccc(S(=O)(=O)CCc2ccc(C)cc2-c2c3cc[c](=[Ni])cc-3oc3cc(NCC(F)(F)F)ccc23)cc1. The minimum Gasteiger partial charge on any atom is -0.0580 e. The van der Waals surface area contributed by atoms with E-state index in [4.69, 9.17) is 19.4 Å². The van der Waals surface area contributed by atoms with Crippen molar-refractivity contribution in [2.75, 3.05) is 17.6 Å². The number of fused-ring (bicyclic) bond motifs is 2. The van der Waals surface area contributed by atoms with Gasteiger partial charge in [0.1, 0.15) is 0 Å². The standard InChI is InChI=1S/C31H26F3NO3S.Ni/c1-20-8-12-24(13-9-20)39(36,37)16-15-22-10-7-21(2)17-27(22)30-25-5-3-4-6-28(25)38-29-18-23(11-14-26(29)30)35-19-31(32,33)34;/h3,5-14,17-18,35H,15-16,19H2,1-2H3;. The number of hydrogen-bond donors (Lipinski definition) is 1. The van der Waals surface area contributed by atoms with Crippen molar-refractivity contribution in [2.45, 2.75) is 31.3 Å². The molecular formula is C31H26F3NNiO3S. The number of benzene rings is 4. The molecule has 210 valence electrons. The molecule has 1 aliphatic carbocycles. The van der Waals surface area contributed by atoms with E-state index in [1.54, 1.807) is 48.5 Å². The minimum absolute atomic E-state index is 0.0807. The Morgan fingerprint density at radius 3 is 2.30 bits per heavy atom. The van der Waals surface area contributed by atoms with Gasteiger partial charge in [0.25, 0.3) is 0 Å². The smallest absolute Gasteiger partial charge is 0.0580 e. The summed E-state index contributed by atoms with van der Waals surface area (Å²) in [6.07, 6.45) is -4.10. The molecule has 1 N–H and O–H groups in total. The number of aryl methyl sites for hydroxylation is 3. The quantitative estimate of drug-likeness (QED) is 0.151. The zero-order valence-electron chi connectivity index (χ0n) is 21.7. The fraction of sp³-hybridized carbons (Fsp3) is 0.194. The summed E-state index contributed by atoms with van der Waals surface area (Å²) in [6, 6.07) is 22.9. The number of alkyl halides is 3. The molecular weight excluding hydrogens is 582 g/mol. The second kappa shape index (κ2) is 10.9. The van der Waals surface area contributed by atoms with Crippen LogP contribution in [0.4, 0.5) is 18.9 Å². The van der Waals surface area contributed by atoms with Crippen LogP contribution >= 0.6 is 0 Å². The Kier molecular flexibility index (Phi) is 7.64. The fourth-order valence-corrected chi connectivity index (χ4v) is 6.19. The summed E-state index contributed by atoms with van der Waals surface area (Å²) >= 11 is 5.01. The zero-order chi connectivity index (χ0) is 28.7. The number of sulfone groups is 1. The molecule has 0 atom stereocenters. The molecule has 1 aliphatic heterocycles. The van der Waals surface area contributed by atoms with Crippen LogP contribution < -0.4 is 5.32 Å². The molecule has 0 radical (unpaired) electrons. The van der Waals surface area contributed by atoms with E-state index in [1.165, 1.54) is 0 Å². The molecule has 0 saturated carbocycles.